The zero-order chi connectivity index (χ0) is 17.1. The van der Waals surface area contributed by atoms with Gasteiger partial charge in [0.15, 0.2) is 5.78 Å². The van der Waals surface area contributed by atoms with Gasteiger partial charge in [-0.2, -0.15) is 0 Å². The Kier molecular flexibility index (Phi) is 4.80. The van der Waals surface area contributed by atoms with Crippen molar-refractivity contribution in [1.29, 1.82) is 0 Å². The number of aromatic nitrogens is 2. The van der Waals surface area contributed by atoms with Crippen LogP contribution in [-0.4, -0.2) is 36.2 Å². The molecule has 0 saturated carbocycles. The van der Waals surface area contributed by atoms with Crippen molar-refractivity contribution in [3.8, 4) is 11.5 Å². The Bertz CT molecular complexity index is 759. The summed E-state index contributed by atoms with van der Waals surface area (Å²) in [6, 6.07) is 2.25. The Hall–Kier alpha value is -2.68. The van der Waals surface area contributed by atoms with Crippen LogP contribution in [0.15, 0.2) is 12.1 Å². The second-order valence-corrected chi connectivity index (χ2v) is 5.72. The molecule has 9 heteroatoms. The molecule has 0 bridgehead atoms. The molecular weight excluding hydrogens is 320 g/mol. The predicted octanol–water partition coefficient (Wildman–Crippen LogP) is 2.28. The Morgan fingerprint density at radius 1 is 1.17 bits per heavy atom. The molecule has 0 atom stereocenters. The zero-order valence-electron chi connectivity index (χ0n) is 13.1. The molecule has 23 heavy (non-hydrogen) atoms. The molecule has 1 aromatic carbocycles. The normalized spacial score (nSPS) is 10.3. The van der Waals surface area contributed by atoms with Crippen molar-refractivity contribution in [3.05, 3.63) is 22.7 Å². The van der Waals surface area contributed by atoms with Crippen molar-refractivity contribution in [1.82, 2.24) is 10.2 Å². The summed E-state index contributed by atoms with van der Waals surface area (Å²) in [4.78, 5) is 24.9. The highest BCUT2D eigenvalue weighted by atomic mass is 32.1. The minimum Gasteiger partial charge on any atom is -0.496 e. The molecule has 1 heterocycles. The summed E-state index contributed by atoms with van der Waals surface area (Å²) in [5, 5.41) is 8.76. The van der Waals surface area contributed by atoms with Gasteiger partial charge in [-0.05, 0) is 19.9 Å². The van der Waals surface area contributed by atoms with Gasteiger partial charge in [0.05, 0.1) is 25.5 Å². The number of hydrogen-bond acceptors (Lipinski definition) is 7. The van der Waals surface area contributed by atoms with Crippen LogP contribution in [0.1, 0.15) is 22.3 Å². The lowest BCUT2D eigenvalue weighted by Crippen LogP contribution is -2.32. The van der Waals surface area contributed by atoms with Crippen molar-refractivity contribution in [2.24, 2.45) is 5.73 Å². The Balaban J connectivity index is 2.69. The third kappa shape index (κ3) is 3.24. The minimum atomic E-state index is -0.765. The predicted molar refractivity (Wildman–Crippen MR) is 85.9 cm³/mol. The third-order valence-corrected chi connectivity index (χ3v) is 3.87. The quantitative estimate of drug-likeness (QED) is 0.839. The van der Waals surface area contributed by atoms with E-state index < -0.39 is 6.03 Å². The van der Waals surface area contributed by atoms with E-state index in [1.54, 1.807) is 6.92 Å². The molecule has 2 N–H and O–H groups in total. The molecule has 0 aliphatic rings. The summed E-state index contributed by atoms with van der Waals surface area (Å²) in [6.07, 6.45) is 0. The summed E-state index contributed by atoms with van der Waals surface area (Å²) >= 11 is 1.19. The number of Topliss-reactive ketones (excluding diaryl/α,β-unsaturated/α-hetero) is 1. The van der Waals surface area contributed by atoms with E-state index in [0.29, 0.717) is 27.8 Å². The van der Waals surface area contributed by atoms with Crippen LogP contribution in [0.2, 0.25) is 0 Å². The first-order chi connectivity index (χ1) is 10.9. The van der Waals surface area contributed by atoms with E-state index in [-0.39, 0.29) is 10.9 Å². The van der Waals surface area contributed by atoms with Gasteiger partial charge in [0, 0.05) is 6.07 Å². The lowest BCUT2D eigenvalue weighted by atomic mass is 10.1. The van der Waals surface area contributed by atoms with Gasteiger partial charge in [-0.1, -0.05) is 11.3 Å². The van der Waals surface area contributed by atoms with Crippen molar-refractivity contribution >= 4 is 34.0 Å². The SMILES string of the molecule is COc1cc(OC)c(N(C(N)=O)c2nnc(C)s2)cc1C(C)=O. The first-order valence-electron chi connectivity index (χ1n) is 6.55. The second kappa shape index (κ2) is 6.61. The monoisotopic (exact) mass is 336 g/mol. The first-order valence-corrected chi connectivity index (χ1v) is 7.37. The van der Waals surface area contributed by atoms with Gasteiger partial charge in [-0.25, -0.2) is 9.69 Å². The summed E-state index contributed by atoms with van der Waals surface area (Å²) in [6.45, 7) is 3.16. The number of nitrogens with two attached hydrogens (primary N) is 1. The number of carbonyl (C=O) groups is 2. The number of ether oxygens (including phenoxy) is 2. The summed E-state index contributed by atoms with van der Waals surface area (Å²) in [5.74, 6) is 0.443. The van der Waals surface area contributed by atoms with E-state index in [9.17, 15) is 9.59 Å². The van der Waals surface area contributed by atoms with Crippen LogP contribution in [0, 0.1) is 6.92 Å². The molecule has 2 amide bonds. The fourth-order valence-electron chi connectivity index (χ4n) is 2.02. The number of methoxy groups -OCH3 is 2. The van der Waals surface area contributed by atoms with Crippen LogP contribution in [0.5, 0.6) is 11.5 Å². The van der Waals surface area contributed by atoms with E-state index in [2.05, 4.69) is 10.2 Å². The maximum Gasteiger partial charge on any atom is 0.325 e. The van der Waals surface area contributed by atoms with Crippen LogP contribution in [-0.2, 0) is 0 Å². The highest BCUT2D eigenvalue weighted by Crippen LogP contribution is 2.39. The third-order valence-electron chi connectivity index (χ3n) is 3.05. The van der Waals surface area contributed by atoms with Gasteiger partial charge in [0.1, 0.15) is 16.5 Å². The maximum atomic E-state index is 11.9. The topological polar surface area (TPSA) is 108 Å². The van der Waals surface area contributed by atoms with Crippen molar-refractivity contribution < 1.29 is 19.1 Å². The van der Waals surface area contributed by atoms with E-state index in [1.165, 1.54) is 44.6 Å². The molecule has 0 saturated heterocycles. The van der Waals surface area contributed by atoms with Gasteiger partial charge in [-0.3, -0.25) is 4.79 Å². The van der Waals surface area contributed by atoms with E-state index in [0.717, 1.165) is 4.90 Å². The number of urea groups is 1. The summed E-state index contributed by atoms with van der Waals surface area (Å²) < 4.78 is 10.5. The molecule has 122 valence electrons. The molecule has 2 rings (SSSR count). The molecule has 8 nitrogen and oxygen atoms in total. The van der Waals surface area contributed by atoms with Crippen LogP contribution < -0.4 is 20.1 Å². The van der Waals surface area contributed by atoms with Gasteiger partial charge in [0.2, 0.25) is 5.13 Å². The fraction of sp³-hybridized carbons (Fsp3) is 0.286. The van der Waals surface area contributed by atoms with Gasteiger partial charge in [0.25, 0.3) is 0 Å². The molecule has 0 fully saturated rings. The molecule has 0 aliphatic heterocycles. The van der Waals surface area contributed by atoms with Crippen LogP contribution in [0.25, 0.3) is 0 Å². The number of amides is 2. The number of rotatable bonds is 5. The summed E-state index contributed by atoms with van der Waals surface area (Å²) in [7, 11) is 2.89. The van der Waals surface area contributed by atoms with Crippen molar-refractivity contribution in [3.63, 3.8) is 0 Å². The highest BCUT2D eigenvalue weighted by Gasteiger charge is 2.25. The largest absolute Gasteiger partial charge is 0.496 e. The molecule has 0 aliphatic carbocycles. The Morgan fingerprint density at radius 3 is 2.26 bits per heavy atom. The van der Waals surface area contributed by atoms with E-state index in [1.807, 2.05) is 0 Å². The molecule has 1 aromatic heterocycles. The van der Waals surface area contributed by atoms with E-state index in [4.69, 9.17) is 15.2 Å². The fourth-order valence-corrected chi connectivity index (χ4v) is 2.73. The van der Waals surface area contributed by atoms with Gasteiger partial charge < -0.3 is 15.2 Å². The highest BCUT2D eigenvalue weighted by molar-refractivity contribution is 7.15. The van der Waals surface area contributed by atoms with Crippen molar-refractivity contribution in [2.75, 3.05) is 19.1 Å². The lowest BCUT2D eigenvalue weighted by Gasteiger charge is -2.21. The smallest absolute Gasteiger partial charge is 0.325 e. The van der Waals surface area contributed by atoms with Crippen molar-refractivity contribution in [2.45, 2.75) is 13.8 Å². The molecular formula is C14H16N4O4S. The number of anilines is 2. The lowest BCUT2D eigenvalue weighted by molar-refractivity contribution is 0.101. The zero-order valence-corrected chi connectivity index (χ0v) is 13.9. The number of carbonyl (C=O) groups excluding carboxylic acids is 2. The Labute approximate surface area is 136 Å². The van der Waals surface area contributed by atoms with Gasteiger partial charge >= 0.3 is 6.03 Å². The number of aryl methyl sites for hydroxylation is 1. The molecule has 0 unspecified atom stereocenters. The van der Waals surface area contributed by atoms with Crippen LogP contribution in [0.3, 0.4) is 0 Å². The number of primary amides is 1. The number of benzene rings is 1. The number of hydrogen-bond donors (Lipinski definition) is 1. The van der Waals surface area contributed by atoms with Crippen LogP contribution >= 0.6 is 11.3 Å². The molecule has 2 aromatic rings. The number of nitrogens with zero attached hydrogens (tertiary/aromatic N) is 3. The van der Waals surface area contributed by atoms with E-state index >= 15 is 0 Å². The first kappa shape index (κ1) is 16.7. The second-order valence-electron chi connectivity index (χ2n) is 4.56. The maximum absolute atomic E-state index is 11.9. The Morgan fingerprint density at radius 2 is 1.83 bits per heavy atom. The molecule has 0 spiro atoms. The van der Waals surface area contributed by atoms with Gasteiger partial charge in [-0.15, -0.1) is 10.2 Å². The van der Waals surface area contributed by atoms with Crippen LogP contribution in [0.4, 0.5) is 15.6 Å². The average Bonchev–Trinajstić information content (AvgIpc) is 2.92. The number of ketones is 1. The average molecular weight is 336 g/mol. The minimum absolute atomic E-state index is 0.219. The summed E-state index contributed by atoms with van der Waals surface area (Å²) in [5.41, 5.74) is 6.08. The standard InChI is InChI=1S/C14H16N4O4S/c1-7(19)9-5-10(12(22-4)6-11(9)21-3)18(13(15)20)14-17-16-8(2)23-14/h5-6H,1-4H3,(H2,15,20). The molecule has 0 radical (unpaired) electrons.